The number of hydrogen-bond acceptors (Lipinski definition) is 7. The van der Waals surface area contributed by atoms with Crippen LogP contribution < -0.4 is 16.0 Å². The van der Waals surface area contributed by atoms with E-state index in [4.69, 9.17) is 5.73 Å². The summed E-state index contributed by atoms with van der Waals surface area (Å²) in [6, 6.07) is 4.42. The molecule has 27 heavy (non-hydrogen) atoms. The van der Waals surface area contributed by atoms with Gasteiger partial charge >= 0.3 is 0 Å². The molecule has 0 atom stereocenters. The predicted molar refractivity (Wildman–Crippen MR) is 108 cm³/mol. The Morgan fingerprint density at radius 1 is 1.33 bits per heavy atom. The monoisotopic (exact) mass is 388 g/mol. The molecule has 3 aromatic rings. The summed E-state index contributed by atoms with van der Waals surface area (Å²) in [6.45, 7) is 5.78. The van der Waals surface area contributed by atoms with Crippen LogP contribution in [0.2, 0.25) is 0 Å². The van der Waals surface area contributed by atoms with E-state index in [0.29, 0.717) is 22.4 Å². The molecule has 2 aromatic heterocycles. The lowest BCUT2D eigenvalue weighted by Gasteiger charge is -2.15. The molecule has 0 aliphatic heterocycles. The molecule has 0 radical (unpaired) electrons. The summed E-state index contributed by atoms with van der Waals surface area (Å²) in [5.41, 5.74) is 7.01. The molecule has 0 amide bonds. The summed E-state index contributed by atoms with van der Waals surface area (Å²) in [6.07, 6.45) is 2.45. The fourth-order valence-corrected chi connectivity index (χ4v) is 3.28. The van der Waals surface area contributed by atoms with Gasteiger partial charge in [-0.3, -0.25) is 9.36 Å². The summed E-state index contributed by atoms with van der Waals surface area (Å²) < 4.78 is 18.9. The smallest absolute Gasteiger partial charge is 0.278 e. The first-order valence-electron chi connectivity index (χ1n) is 8.64. The number of benzene rings is 1. The number of rotatable bonds is 6. The van der Waals surface area contributed by atoms with Crippen LogP contribution in [0.3, 0.4) is 0 Å². The van der Waals surface area contributed by atoms with Crippen molar-refractivity contribution in [2.45, 2.75) is 33.2 Å². The Bertz CT molecular complexity index is 1040. The number of nitrogen functional groups attached to an aromatic ring is 1. The van der Waals surface area contributed by atoms with E-state index in [0.717, 1.165) is 12.2 Å². The van der Waals surface area contributed by atoms with Gasteiger partial charge in [-0.15, -0.1) is 0 Å². The highest BCUT2D eigenvalue weighted by molar-refractivity contribution is 8.00. The number of hydrogen-bond donors (Lipinski definition) is 2. The van der Waals surface area contributed by atoms with E-state index < -0.39 is 5.82 Å². The number of anilines is 2. The van der Waals surface area contributed by atoms with Crippen molar-refractivity contribution in [2.75, 3.05) is 16.2 Å². The molecule has 1 aromatic carbocycles. The molecule has 3 rings (SSSR count). The first-order valence-corrected chi connectivity index (χ1v) is 9.63. The van der Waals surface area contributed by atoms with Crippen molar-refractivity contribution in [2.24, 2.45) is 0 Å². The zero-order chi connectivity index (χ0) is 19.6. The third-order valence-corrected chi connectivity index (χ3v) is 4.87. The van der Waals surface area contributed by atoms with Crippen molar-refractivity contribution in [3.05, 3.63) is 40.6 Å². The van der Waals surface area contributed by atoms with Gasteiger partial charge in [0.1, 0.15) is 17.0 Å². The molecule has 0 aliphatic rings. The van der Waals surface area contributed by atoms with Crippen LogP contribution in [0.15, 0.2) is 29.2 Å². The molecule has 3 N–H and O–H groups in total. The molecular formula is C18H21FN6OS. The average Bonchev–Trinajstić information content (AvgIpc) is 2.62. The Hall–Kier alpha value is -2.68. The normalized spacial score (nSPS) is 11.3. The van der Waals surface area contributed by atoms with Gasteiger partial charge in [0.05, 0.1) is 11.9 Å². The second-order valence-corrected chi connectivity index (χ2v) is 7.21. The minimum atomic E-state index is -0.443. The maximum absolute atomic E-state index is 14.5. The highest BCUT2D eigenvalue weighted by Gasteiger charge is 2.17. The Kier molecular flexibility index (Phi) is 5.59. The molecule has 0 saturated carbocycles. The van der Waals surface area contributed by atoms with Crippen LogP contribution in [-0.4, -0.2) is 25.3 Å². The zero-order valence-corrected chi connectivity index (χ0v) is 16.2. The van der Waals surface area contributed by atoms with Crippen molar-refractivity contribution in [1.29, 1.82) is 0 Å². The molecule has 2 heterocycles. The van der Waals surface area contributed by atoms with Crippen LogP contribution in [0.25, 0.3) is 22.4 Å². The summed E-state index contributed by atoms with van der Waals surface area (Å²) >= 11 is 1.44. The average molecular weight is 388 g/mol. The van der Waals surface area contributed by atoms with Crippen LogP contribution in [0.5, 0.6) is 0 Å². The predicted octanol–water partition coefficient (Wildman–Crippen LogP) is 3.63. The van der Waals surface area contributed by atoms with Crippen LogP contribution in [0.1, 0.15) is 33.2 Å². The van der Waals surface area contributed by atoms with Crippen molar-refractivity contribution < 1.29 is 4.39 Å². The number of fused-ring (bicyclic) bond motifs is 1. The van der Waals surface area contributed by atoms with Gasteiger partial charge in [0.25, 0.3) is 5.56 Å². The first kappa shape index (κ1) is 19.1. The van der Waals surface area contributed by atoms with E-state index in [9.17, 15) is 9.18 Å². The molecule has 142 valence electrons. The van der Waals surface area contributed by atoms with Crippen molar-refractivity contribution >= 4 is 34.7 Å². The van der Waals surface area contributed by atoms with E-state index in [2.05, 4.69) is 26.6 Å². The third-order valence-electron chi connectivity index (χ3n) is 3.90. The SMILES string of the molecule is CCCSNc1ccc(-c2nc3cnc(N)nc3n(C(C)C)c2=O)cc1F. The fraction of sp³-hybridized carbons (Fsp3) is 0.333. The Balaban J connectivity index is 2.12. The van der Waals surface area contributed by atoms with Gasteiger partial charge in [-0.25, -0.2) is 14.4 Å². The second kappa shape index (κ2) is 7.91. The number of nitrogens with one attached hydrogen (secondary N) is 1. The topological polar surface area (TPSA) is 98.7 Å². The maximum Gasteiger partial charge on any atom is 0.278 e. The minimum Gasteiger partial charge on any atom is -0.368 e. The molecule has 0 bridgehead atoms. The second-order valence-electron chi connectivity index (χ2n) is 6.31. The van der Waals surface area contributed by atoms with Gasteiger partial charge in [0.2, 0.25) is 5.95 Å². The van der Waals surface area contributed by atoms with Gasteiger partial charge in [-0.1, -0.05) is 24.9 Å². The standard InChI is InChI=1S/C18H21FN6OS/c1-4-7-27-24-13-6-5-11(8-12(13)19)15-17(26)25(10(2)3)16-14(22-15)9-21-18(20)23-16/h5-6,8-10,24H,4,7H2,1-3H3,(H2,20,21,23). The zero-order valence-electron chi connectivity index (χ0n) is 15.4. The van der Waals surface area contributed by atoms with Gasteiger partial charge in [0, 0.05) is 17.4 Å². The molecule has 9 heteroatoms. The minimum absolute atomic E-state index is 0.0666. The van der Waals surface area contributed by atoms with Crippen molar-refractivity contribution in [1.82, 2.24) is 19.5 Å². The number of nitrogens with zero attached hydrogens (tertiary/aromatic N) is 4. The van der Waals surface area contributed by atoms with Crippen LogP contribution >= 0.6 is 11.9 Å². The lowest BCUT2D eigenvalue weighted by atomic mass is 10.1. The number of aromatic nitrogens is 4. The summed E-state index contributed by atoms with van der Waals surface area (Å²) in [5.74, 6) is 0.495. The van der Waals surface area contributed by atoms with E-state index in [1.54, 1.807) is 12.1 Å². The van der Waals surface area contributed by atoms with Crippen LogP contribution in [0.4, 0.5) is 16.0 Å². The van der Waals surface area contributed by atoms with Crippen molar-refractivity contribution in [3.63, 3.8) is 0 Å². The Morgan fingerprint density at radius 2 is 2.11 bits per heavy atom. The van der Waals surface area contributed by atoms with Crippen LogP contribution in [-0.2, 0) is 0 Å². The molecular weight excluding hydrogens is 367 g/mol. The third kappa shape index (κ3) is 3.87. The van der Waals surface area contributed by atoms with E-state index in [-0.39, 0.29) is 23.2 Å². The van der Waals surface area contributed by atoms with E-state index in [1.807, 2.05) is 13.8 Å². The van der Waals surface area contributed by atoms with Gasteiger partial charge in [0.15, 0.2) is 5.65 Å². The highest BCUT2D eigenvalue weighted by atomic mass is 32.2. The molecule has 0 spiro atoms. The largest absolute Gasteiger partial charge is 0.368 e. The summed E-state index contributed by atoms with van der Waals surface area (Å²) in [5, 5.41) is 0. The van der Waals surface area contributed by atoms with Gasteiger partial charge < -0.3 is 10.5 Å². The van der Waals surface area contributed by atoms with Gasteiger partial charge in [-0.2, -0.15) is 4.98 Å². The Labute approximate surface area is 160 Å². The lowest BCUT2D eigenvalue weighted by Crippen LogP contribution is -2.26. The molecule has 0 fully saturated rings. The quantitative estimate of drug-likeness (QED) is 0.491. The molecule has 0 aliphatic carbocycles. The highest BCUT2D eigenvalue weighted by Crippen LogP contribution is 2.25. The molecule has 0 saturated heterocycles. The summed E-state index contributed by atoms with van der Waals surface area (Å²) in [7, 11) is 0. The van der Waals surface area contributed by atoms with Gasteiger partial charge in [-0.05, 0) is 32.4 Å². The molecule has 7 nitrogen and oxygen atoms in total. The van der Waals surface area contributed by atoms with E-state index in [1.165, 1.54) is 28.8 Å². The van der Waals surface area contributed by atoms with E-state index >= 15 is 0 Å². The summed E-state index contributed by atoms with van der Waals surface area (Å²) in [4.78, 5) is 25.5. The number of nitrogens with two attached hydrogens (primary N) is 1. The lowest BCUT2D eigenvalue weighted by molar-refractivity contribution is 0.593. The van der Waals surface area contributed by atoms with Crippen molar-refractivity contribution in [3.8, 4) is 11.3 Å². The fourth-order valence-electron chi connectivity index (χ4n) is 2.66. The number of halogens is 1. The van der Waals surface area contributed by atoms with Crippen LogP contribution in [0, 0.1) is 5.82 Å². The first-order chi connectivity index (χ1) is 12.9. The Morgan fingerprint density at radius 3 is 2.78 bits per heavy atom. The maximum atomic E-state index is 14.5. The molecule has 0 unspecified atom stereocenters.